The summed E-state index contributed by atoms with van der Waals surface area (Å²) in [4.78, 5) is 0. The van der Waals surface area contributed by atoms with Gasteiger partial charge in [-0.2, -0.15) is 0 Å². The molecular weight excluding hydrogens is 249 g/mol. The summed E-state index contributed by atoms with van der Waals surface area (Å²) in [6, 6.07) is 7.96. The normalized spacial score (nSPS) is 16.6. The second kappa shape index (κ2) is 7.78. The standard InChI is InChI=1S/C18H28FN/c1-14(2)6-5-7-15(13-20-17-10-11-17)12-16-8-3-4-9-18(16)19/h3-4,8-9,14-15,17,20H,5-7,10-13H2,1-2H3. The van der Waals surface area contributed by atoms with Crippen LogP contribution in [0.2, 0.25) is 0 Å². The molecule has 2 heteroatoms. The molecule has 0 heterocycles. The first-order valence-corrected chi connectivity index (χ1v) is 8.12. The third-order valence-electron chi connectivity index (χ3n) is 4.13. The van der Waals surface area contributed by atoms with Crippen LogP contribution >= 0.6 is 0 Å². The van der Waals surface area contributed by atoms with Gasteiger partial charge in [0.25, 0.3) is 0 Å². The Morgan fingerprint density at radius 1 is 1.20 bits per heavy atom. The van der Waals surface area contributed by atoms with Gasteiger partial charge in [-0.15, -0.1) is 0 Å². The van der Waals surface area contributed by atoms with E-state index in [1.165, 1.54) is 32.1 Å². The molecule has 0 radical (unpaired) electrons. The molecule has 0 aliphatic heterocycles. The first kappa shape index (κ1) is 15.5. The molecule has 1 aromatic rings. The highest BCUT2D eigenvalue weighted by Gasteiger charge is 2.22. The van der Waals surface area contributed by atoms with Gasteiger partial charge in [-0.25, -0.2) is 4.39 Å². The Morgan fingerprint density at radius 3 is 2.60 bits per heavy atom. The topological polar surface area (TPSA) is 12.0 Å². The molecule has 1 aromatic carbocycles. The zero-order valence-corrected chi connectivity index (χ0v) is 12.9. The highest BCUT2D eigenvalue weighted by atomic mass is 19.1. The highest BCUT2D eigenvalue weighted by Crippen LogP contribution is 2.22. The summed E-state index contributed by atoms with van der Waals surface area (Å²) in [5.41, 5.74) is 0.875. The molecule has 1 aliphatic rings. The minimum atomic E-state index is -0.0484. The van der Waals surface area contributed by atoms with Crippen molar-refractivity contribution in [1.29, 1.82) is 0 Å². The van der Waals surface area contributed by atoms with Crippen molar-refractivity contribution < 1.29 is 4.39 Å². The predicted molar refractivity (Wildman–Crippen MR) is 83.3 cm³/mol. The molecule has 1 saturated carbocycles. The lowest BCUT2D eigenvalue weighted by Crippen LogP contribution is -2.26. The molecule has 0 aromatic heterocycles. The van der Waals surface area contributed by atoms with E-state index in [2.05, 4.69) is 19.2 Å². The number of benzene rings is 1. The largest absolute Gasteiger partial charge is 0.314 e. The number of hydrogen-bond donors (Lipinski definition) is 1. The molecule has 1 N–H and O–H groups in total. The molecule has 0 bridgehead atoms. The molecule has 1 fully saturated rings. The second-order valence-electron chi connectivity index (χ2n) is 6.67. The average molecular weight is 277 g/mol. The fourth-order valence-electron chi connectivity index (χ4n) is 2.69. The van der Waals surface area contributed by atoms with Gasteiger partial charge in [0.1, 0.15) is 5.82 Å². The van der Waals surface area contributed by atoms with E-state index < -0.39 is 0 Å². The maximum Gasteiger partial charge on any atom is 0.126 e. The van der Waals surface area contributed by atoms with Gasteiger partial charge in [0.05, 0.1) is 0 Å². The van der Waals surface area contributed by atoms with Gasteiger partial charge < -0.3 is 5.32 Å². The zero-order valence-electron chi connectivity index (χ0n) is 12.9. The first-order chi connectivity index (χ1) is 9.65. The number of hydrogen-bond acceptors (Lipinski definition) is 1. The highest BCUT2D eigenvalue weighted by molar-refractivity contribution is 5.17. The van der Waals surface area contributed by atoms with Crippen LogP contribution in [0.1, 0.15) is 51.5 Å². The molecule has 1 nitrogen and oxygen atoms in total. The van der Waals surface area contributed by atoms with Crippen LogP contribution in [0.25, 0.3) is 0 Å². The lowest BCUT2D eigenvalue weighted by molar-refractivity contribution is 0.401. The van der Waals surface area contributed by atoms with Gasteiger partial charge in [-0.05, 0) is 55.7 Å². The van der Waals surface area contributed by atoms with Gasteiger partial charge in [0, 0.05) is 6.04 Å². The van der Waals surface area contributed by atoms with Gasteiger partial charge in [-0.3, -0.25) is 0 Å². The van der Waals surface area contributed by atoms with Crippen molar-refractivity contribution in [3.8, 4) is 0 Å². The maximum absolute atomic E-state index is 13.8. The Labute approximate surface area is 123 Å². The SMILES string of the molecule is CC(C)CCCC(CNC1CC1)Cc1ccccc1F. The van der Waals surface area contributed by atoms with Crippen LogP contribution in [0.15, 0.2) is 24.3 Å². The lowest BCUT2D eigenvalue weighted by Gasteiger charge is -2.18. The Hall–Kier alpha value is -0.890. The van der Waals surface area contributed by atoms with Crippen molar-refractivity contribution in [3.63, 3.8) is 0 Å². The molecule has 1 aliphatic carbocycles. The summed E-state index contributed by atoms with van der Waals surface area (Å²) < 4.78 is 13.8. The van der Waals surface area contributed by atoms with Crippen molar-refractivity contribution in [2.45, 2.75) is 58.4 Å². The molecule has 1 atom stereocenters. The number of nitrogens with one attached hydrogen (secondary N) is 1. The van der Waals surface area contributed by atoms with Crippen LogP contribution in [0.3, 0.4) is 0 Å². The third-order valence-corrected chi connectivity index (χ3v) is 4.13. The first-order valence-electron chi connectivity index (χ1n) is 8.12. The molecule has 0 amide bonds. The predicted octanol–water partition coefficient (Wildman–Crippen LogP) is 4.56. The van der Waals surface area contributed by atoms with Gasteiger partial charge in [-0.1, -0.05) is 44.9 Å². The average Bonchev–Trinajstić information content (AvgIpc) is 3.22. The number of rotatable bonds is 9. The van der Waals surface area contributed by atoms with Crippen LogP contribution in [0.5, 0.6) is 0 Å². The van der Waals surface area contributed by atoms with Crippen LogP contribution in [0, 0.1) is 17.7 Å². The van der Waals surface area contributed by atoms with E-state index >= 15 is 0 Å². The molecule has 0 saturated heterocycles. The van der Waals surface area contributed by atoms with E-state index in [0.29, 0.717) is 5.92 Å². The van der Waals surface area contributed by atoms with E-state index in [4.69, 9.17) is 0 Å². The third kappa shape index (κ3) is 5.62. The van der Waals surface area contributed by atoms with Gasteiger partial charge in [0.2, 0.25) is 0 Å². The van der Waals surface area contributed by atoms with E-state index in [9.17, 15) is 4.39 Å². The maximum atomic E-state index is 13.8. The molecule has 112 valence electrons. The quantitative estimate of drug-likeness (QED) is 0.697. The zero-order chi connectivity index (χ0) is 14.4. The summed E-state index contributed by atoms with van der Waals surface area (Å²) in [5.74, 6) is 1.28. The summed E-state index contributed by atoms with van der Waals surface area (Å²) in [5, 5.41) is 3.61. The summed E-state index contributed by atoms with van der Waals surface area (Å²) >= 11 is 0. The van der Waals surface area contributed by atoms with E-state index in [1.54, 1.807) is 12.1 Å². The fraction of sp³-hybridized carbons (Fsp3) is 0.667. The Balaban J connectivity index is 1.85. The Kier molecular flexibility index (Phi) is 6.03. The monoisotopic (exact) mass is 277 g/mol. The van der Waals surface area contributed by atoms with Crippen LogP contribution in [-0.2, 0) is 6.42 Å². The number of halogens is 1. The van der Waals surface area contributed by atoms with Crippen molar-refractivity contribution >= 4 is 0 Å². The minimum Gasteiger partial charge on any atom is -0.314 e. The van der Waals surface area contributed by atoms with Crippen LogP contribution in [0.4, 0.5) is 4.39 Å². The van der Waals surface area contributed by atoms with Crippen molar-refractivity contribution in [3.05, 3.63) is 35.6 Å². The Morgan fingerprint density at radius 2 is 1.95 bits per heavy atom. The van der Waals surface area contributed by atoms with E-state index in [-0.39, 0.29) is 5.82 Å². The summed E-state index contributed by atoms with van der Waals surface area (Å²) in [6.45, 7) is 5.58. The summed E-state index contributed by atoms with van der Waals surface area (Å²) in [6.07, 6.45) is 7.23. The second-order valence-corrected chi connectivity index (χ2v) is 6.67. The minimum absolute atomic E-state index is 0.0484. The van der Waals surface area contributed by atoms with Crippen LogP contribution in [-0.4, -0.2) is 12.6 Å². The van der Waals surface area contributed by atoms with Crippen LogP contribution < -0.4 is 5.32 Å². The van der Waals surface area contributed by atoms with E-state index in [1.807, 2.05) is 12.1 Å². The van der Waals surface area contributed by atoms with Crippen molar-refractivity contribution in [2.24, 2.45) is 11.8 Å². The van der Waals surface area contributed by atoms with Crippen molar-refractivity contribution in [2.75, 3.05) is 6.54 Å². The summed E-state index contributed by atoms with van der Waals surface area (Å²) in [7, 11) is 0. The molecule has 20 heavy (non-hydrogen) atoms. The molecular formula is C18H28FN. The van der Waals surface area contributed by atoms with Gasteiger partial charge >= 0.3 is 0 Å². The lowest BCUT2D eigenvalue weighted by atomic mass is 9.92. The molecule has 1 unspecified atom stereocenters. The van der Waals surface area contributed by atoms with Crippen molar-refractivity contribution in [1.82, 2.24) is 5.32 Å². The van der Waals surface area contributed by atoms with E-state index in [0.717, 1.165) is 30.5 Å². The van der Waals surface area contributed by atoms with Gasteiger partial charge in [0.15, 0.2) is 0 Å². The fourth-order valence-corrected chi connectivity index (χ4v) is 2.69. The molecule has 0 spiro atoms. The molecule has 2 rings (SSSR count). The Bertz CT molecular complexity index is 398. The smallest absolute Gasteiger partial charge is 0.126 e.